The molecule has 1 amide bonds. The highest BCUT2D eigenvalue weighted by atomic mass is 32.2. The van der Waals surface area contributed by atoms with Gasteiger partial charge in [-0.05, 0) is 18.9 Å². The molecule has 0 unspecified atom stereocenters. The van der Waals surface area contributed by atoms with Crippen molar-refractivity contribution in [2.75, 3.05) is 5.75 Å². The topological polar surface area (TPSA) is 89.3 Å². The predicted octanol–water partition coefficient (Wildman–Crippen LogP) is 0.680. The van der Waals surface area contributed by atoms with E-state index in [0.717, 1.165) is 5.56 Å². The Labute approximate surface area is 107 Å². The molecule has 0 aromatic heterocycles. The highest BCUT2D eigenvalue weighted by Crippen LogP contribution is 2.02. The third-order valence-electron chi connectivity index (χ3n) is 2.44. The molecule has 0 saturated heterocycles. The lowest BCUT2D eigenvalue weighted by molar-refractivity contribution is -0.121. The van der Waals surface area contributed by atoms with Crippen molar-refractivity contribution < 1.29 is 13.2 Å². The Morgan fingerprint density at radius 1 is 1.28 bits per heavy atom. The molecule has 0 aliphatic carbocycles. The van der Waals surface area contributed by atoms with Gasteiger partial charge >= 0.3 is 0 Å². The number of nitrogens with two attached hydrogens (primary N) is 1. The van der Waals surface area contributed by atoms with Gasteiger partial charge in [-0.3, -0.25) is 4.79 Å². The summed E-state index contributed by atoms with van der Waals surface area (Å²) in [6, 6.07) is 7.84. The van der Waals surface area contributed by atoms with Gasteiger partial charge < -0.3 is 5.32 Å². The number of hydrogen-bond acceptors (Lipinski definition) is 3. The van der Waals surface area contributed by atoms with Crippen molar-refractivity contribution in [3.63, 3.8) is 0 Å². The smallest absolute Gasteiger partial charge is 0.220 e. The Hall–Kier alpha value is -1.40. The van der Waals surface area contributed by atoms with E-state index in [1.165, 1.54) is 5.56 Å². The van der Waals surface area contributed by atoms with E-state index < -0.39 is 10.0 Å². The van der Waals surface area contributed by atoms with Crippen LogP contribution < -0.4 is 10.5 Å². The average molecular weight is 270 g/mol. The molecule has 100 valence electrons. The van der Waals surface area contributed by atoms with Gasteiger partial charge in [-0.1, -0.05) is 29.8 Å². The van der Waals surface area contributed by atoms with Crippen LogP contribution in [-0.2, 0) is 21.4 Å². The highest BCUT2D eigenvalue weighted by molar-refractivity contribution is 7.89. The Morgan fingerprint density at radius 3 is 2.44 bits per heavy atom. The minimum absolute atomic E-state index is 0.162. The van der Waals surface area contributed by atoms with Gasteiger partial charge in [0.25, 0.3) is 0 Å². The first kappa shape index (κ1) is 14.7. The maximum absolute atomic E-state index is 11.4. The fourth-order valence-corrected chi connectivity index (χ4v) is 1.98. The normalized spacial score (nSPS) is 11.2. The number of benzene rings is 1. The van der Waals surface area contributed by atoms with Gasteiger partial charge in [0, 0.05) is 13.0 Å². The average Bonchev–Trinajstić information content (AvgIpc) is 2.26. The molecule has 6 heteroatoms. The van der Waals surface area contributed by atoms with Crippen LogP contribution >= 0.6 is 0 Å². The second-order valence-electron chi connectivity index (χ2n) is 4.23. The zero-order valence-electron chi connectivity index (χ0n) is 10.3. The van der Waals surface area contributed by atoms with Gasteiger partial charge in [-0.15, -0.1) is 0 Å². The Bertz CT molecular complexity index is 495. The van der Waals surface area contributed by atoms with E-state index in [1.54, 1.807) is 0 Å². The molecule has 0 saturated carbocycles. The molecule has 0 heterocycles. The fraction of sp³-hybridized carbons (Fsp3) is 0.417. The molecule has 5 nitrogen and oxygen atoms in total. The van der Waals surface area contributed by atoms with Crippen molar-refractivity contribution in [2.45, 2.75) is 26.3 Å². The van der Waals surface area contributed by atoms with Crippen molar-refractivity contribution in [3.05, 3.63) is 35.4 Å². The van der Waals surface area contributed by atoms with E-state index in [0.29, 0.717) is 6.54 Å². The number of carbonyl (C=O) groups excluding carboxylic acids is 1. The van der Waals surface area contributed by atoms with Gasteiger partial charge in [0.2, 0.25) is 15.9 Å². The zero-order valence-corrected chi connectivity index (χ0v) is 11.2. The number of rotatable bonds is 6. The molecule has 0 aliphatic heterocycles. The van der Waals surface area contributed by atoms with Crippen molar-refractivity contribution in [1.82, 2.24) is 5.32 Å². The van der Waals surface area contributed by atoms with Crippen LogP contribution in [0, 0.1) is 6.92 Å². The van der Waals surface area contributed by atoms with Crippen LogP contribution in [0.4, 0.5) is 0 Å². The van der Waals surface area contributed by atoms with Gasteiger partial charge in [0.15, 0.2) is 0 Å². The van der Waals surface area contributed by atoms with Crippen LogP contribution in [0.25, 0.3) is 0 Å². The molecule has 0 spiro atoms. The SMILES string of the molecule is Cc1ccc(CNC(=O)CCCS(N)(=O)=O)cc1. The zero-order chi connectivity index (χ0) is 13.6. The van der Waals surface area contributed by atoms with Crippen LogP contribution in [0.1, 0.15) is 24.0 Å². The van der Waals surface area contributed by atoms with E-state index in [-0.39, 0.29) is 24.5 Å². The minimum Gasteiger partial charge on any atom is -0.352 e. The van der Waals surface area contributed by atoms with Crippen LogP contribution in [-0.4, -0.2) is 20.1 Å². The molecular weight excluding hydrogens is 252 g/mol. The molecule has 1 aromatic rings. The lowest BCUT2D eigenvalue weighted by Gasteiger charge is -2.05. The van der Waals surface area contributed by atoms with Crippen molar-refractivity contribution in [3.8, 4) is 0 Å². The van der Waals surface area contributed by atoms with Crippen molar-refractivity contribution in [1.29, 1.82) is 0 Å². The van der Waals surface area contributed by atoms with E-state index >= 15 is 0 Å². The first-order chi connectivity index (χ1) is 8.37. The maximum atomic E-state index is 11.4. The molecule has 0 aliphatic rings. The number of aryl methyl sites for hydroxylation is 1. The van der Waals surface area contributed by atoms with E-state index in [9.17, 15) is 13.2 Å². The maximum Gasteiger partial charge on any atom is 0.220 e. The van der Waals surface area contributed by atoms with Gasteiger partial charge in [-0.2, -0.15) is 0 Å². The lowest BCUT2D eigenvalue weighted by atomic mass is 10.1. The predicted molar refractivity (Wildman–Crippen MR) is 70.2 cm³/mol. The summed E-state index contributed by atoms with van der Waals surface area (Å²) >= 11 is 0. The summed E-state index contributed by atoms with van der Waals surface area (Å²) in [5, 5.41) is 7.57. The number of primary sulfonamides is 1. The number of sulfonamides is 1. The van der Waals surface area contributed by atoms with Gasteiger partial charge in [0.1, 0.15) is 0 Å². The summed E-state index contributed by atoms with van der Waals surface area (Å²) < 4.78 is 21.3. The molecule has 0 bridgehead atoms. The summed E-state index contributed by atoms with van der Waals surface area (Å²) in [6.07, 6.45) is 0.418. The second kappa shape index (κ2) is 6.51. The Morgan fingerprint density at radius 2 is 1.89 bits per heavy atom. The first-order valence-corrected chi connectivity index (χ1v) is 7.41. The molecule has 0 atom stereocenters. The van der Waals surface area contributed by atoms with Gasteiger partial charge in [0.05, 0.1) is 5.75 Å². The number of nitrogens with one attached hydrogen (secondary N) is 1. The van der Waals surface area contributed by atoms with E-state index in [2.05, 4.69) is 5.32 Å². The van der Waals surface area contributed by atoms with Crippen LogP contribution in [0.3, 0.4) is 0 Å². The van der Waals surface area contributed by atoms with E-state index in [1.807, 2.05) is 31.2 Å². The Balaban J connectivity index is 2.27. The number of carbonyl (C=O) groups is 1. The van der Waals surface area contributed by atoms with Crippen LogP contribution in [0.15, 0.2) is 24.3 Å². The molecule has 1 aromatic carbocycles. The summed E-state index contributed by atoms with van der Waals surface area (Å²) in [5.41, 5.74) is 2.18. The molecule has 3 N–H and O–H groups in total. The van der Waals surface area contributed by atoms with Gasteiger partial charge in [-0.25, -0.2) is 13.6 Å². The lowest BCUT2D eigenvalue weighted by Crippen LogP contribution is -2.24. The standard InChI is InChI=1S/C12H18N2O3S/c1-10-4-6-11(7-5-10)9-14-12(15)3-2-8-18(13,16)17/h4-7H,2-3,8-9H2,1H3,(H,14,15)(H2,13,16,17). The fourth-order valence-electron chi connectivity index (χ4n) is 1.43. The summed E-state index contributed by atoms with van der Waals surface area (Å²) in [6.45, 7) is 2.45. The Kier molecular flexibility index (Phi) is 5.30. The molecule has 0 fully saturated rings. The summed E-state index contributed by atoms with van der Waals surface area (Å²) in [4.78, 5) is 11.4. The third-order valence-corrected chi connectivity index (χ3v) is 3.30. The largest absolute Gasteiger partial charge is 0.352 e. The van der Waals surface area contributed by atoms with Crippen LogP contribution in [0.2, 0.25) is 0 Å². The quantitative estimate of drug-likeness (QED) is 0.796. The highest BCUT2D eigenvalue weighted by Gasteiger charge is 2.06. The molecule has 0 radical (unpaired) electrons. The first-order valence-electron chi connectivity index (χ1n) is 5.69. The third kappa shape index (κ3) is 6.36. The second-order valence-corrected chi connectivity index (χ2v) is 5.97. The molecule has 1 rings (SSSR count). The van der Waals surface area contributed by atoms with Crippen molar-refractivity contribution in [2.24, 2.45) is 5.14 Å². The van der Waals surface area contributed by atoms with E-state index in [4.69, 9.17) is 5.14 Å². The monoisotopic (exact) mass is 270 g/mol. The molecule has 18 heavy (non-hydrogen) atoms. The molecular formula is C12H18N2O3S. The van der Waals surface area contributed by atoms with Crippen molar-refractivity contribution >= 4 is 15.9 Å². The van der Waals surface area contributed by atoms with Crippen LogP contribution in [0.5, 0.6) is 0 Å². The summed E-state index contributed by atoms with van der Waals surface area (Å²) in [7, 11) is -3.47. The number of amides is 1. The minimum atomic E-state index is -3.47. The number of hydrogen-bond donors (Lipinski definition) is 2. The summed E-state index contributed by atoms with van der Waals surface area (Å²) in [5.74, 6) is -0.329.